The molecule has 1 aliphatic heterocycles. The van der Waals surface area contributed by atoms with Gasteiger partial charge in [0, 0.05) is 33.7 Å². The number of nitrogens with zero attached hydrogens (tertiary/aromatic N) is 1. The lowest BCUT2D eigenvalue weighted by Gasteiger charge is -2.35. The molecule has 1 aromatic rings. The van der Waals surface area contributed by atoms with Crippen LogP contribution in [-0.4, -0.2) is 34.6 Å². The molecule has 0 aromatic carbocycles. The second kappa shape index (κ2) is 7.79. The molecule has 7 heteroatoms. The zero-order chi connectivity index (χ0) is 15.2. The topological polar surface area (TPSA) is 69.6 Å². The van der Waals surface area contributed by atoms with E-state index in [0.29, 0.717) is 19.5 Å². The average molecular weight is 375 g/mol. The predicted molar refractivity (Wildman–Crippen MR) is 85.5 cm³/mol. The number of carbonyl (C=O) groups excluding carboxylic acids is 1. The molecule has 1 aliphatic rings. The van der Waals surface area contributed by atoms with E-state index < -0.39 is 5.97 Å². The fourth-order valence-corrected chi connectivity index (χ4v) is 3.96. The van der Waals surface area contributed by atoms with Gasteiger partial charge in [0.25, 0.3) is 0 Å². The number of amides is 2. The Bertz CT molecular complexity index is 506. The number of thiophene rings is 1. The largest absolute Gasteiger partial charge is 0.481 e. The van der Waals surface area contributed by atoms with Crippen LogP contribution in [0.3, 0.4) is 0 Å². The number of rotatable bonds is 5. The highest BCUT2D eigenvalue weighted by atomic mass is 79.9. The monoisotopic (exact) mass is 374 g/mol. The summed E-state index contributed by atoms with van der Waals surface area (Å²) < 4.78 is 1.02. The van der Waals surface area contributed by atoms with Crippen molar-refractivity contribution in [1.29, 1.82) is 0 Å². The van der Waals surface area contributed by atoms with Crippen LogP contribution in [-0.2, 0) is 11.3 Å². The van der Waals surface area contributed by atoms with Crippen LogP contribution in [0.4, 0.5) is 4.79 Å². The van der Waals surface area contributed by atoms with Gasteiger partial charge in [-0.25, -0.2) is 4.79 Å². The van der Waals surface area contributed by atoms with Gasteiger partial charge in [-0.2, -0.15) is 0 Å². The van der Waals surface area contributed by atoms with E-state index in [1.165, 1.54) is 0 Å². The lowest BCUT2D eigenvalue weighted by Crippen LogP contribution is -2.48. The van der Waals surface area contributed by atoms with E-state index in [4.69, 9.17) is 5.11 Å². The van der Waals surface area contributed by atoms with Crippen LogP contribution in [0.1, 0.15) is 37.0 Å². The summed E-state index contributed by atoms with van der Waals surface area (Å²) >= 11 is 4.99. The number of hydrogen-bond donors (Lipinski definition) is 2. The Kier molecular flexibility index (Phi) is 6.05. The van der Waals surface area contributed by atoms with Crippen LogP contribution in [0.5, 0.6) is 0 Å². The third-order valence-corrected chi connectivity index (χ3v) is 5.31. The smallest absolute Gasteiger partial charge is 0.317 e. The SMILES string of the molecule is O=C(O)CCC1CCCCN1C(=O)NCc1cc(Br)cs1. The van der Waals surface area contributed by atoms with Crippen molar-refractivity contribution in [3.05, 3.63) is 20.8 Å². The zero-order valence-corrected chi connectivity index (χ0v) is 14.1. The molecule has 1 unspecified atom stereocenters. The number of urea groups is 1. The van der Waals surface area contributed by atoms with Gasteiger partial charge in [-0.05, 0) is 47.7 Å². The van der Waals surface area contributed by atoms with Crippen molar-refractivity contribution in [2.75, 3.05) is 6.54 Å². The Balaban J connectivity index is 1.87. The molecule has 1 saturated heterocycles. The Morgan fingerprint density at radius 2 is 2.29 bits per heavy atom. The second-order valence-electron chi connectivity index (χ2n) is 5.17. The highest BCUT2D eigenvalue weighted by molar-refractivity contribution is 9.10. The van der Waals surface area contributed by atoms with Crippen LogP contribution in [0.2, 0.25) is 0 Å². The summed E-state index contributed by atoms with van der Waals surface area (Å²) in [5, 5.41) is 13.7. The first kappa shape index (κ1) is 16.3. The van der Waals surface area contributed by atoms with Crippen molar-refractivity contribution in [3.63, 3.8) is 0 Å². The molecule has 1 atom stereocenters. The van der Waals surface area contributed by atoms with Crippen LogP contribution >= 0.6 is 27.3 Å². The van der Waals surface area contributed by atoms with Gasteiger partial charge in [0.1, 0.15) is 0 Å². The molecule has 21 heavy (non-hydrogen) atoms. The van der Waals surface area contributed by atoms with Crippen molar-refractivity contribution in [3.8, 4) is 0 Å². The van der Waals surface area contributed by atoms with E-state index in [-0.39, 0.29) is 18.5 Å². The molecule has 0 radical (unpaired) electrons. The molecule has 2 rings (SSSR count). The van der Waals surface area contributed by atoms with Gasteiger partial charge in [0.05, 0.1) is 6.54 Å². The van der Waals surface area contributed by atoms with E-state index in [1.54, 1.807) is 16.2 Å². The molecule has 2 N–H and O–H groups in total. The van der Waals surface area contributed by atoms with Gasteiger partial charge < -0.3 is 15.3 Å². The Morgan fingerprint density at radius 1 is 1.48 bits per heavy atom. The van der Waals surface area contributed by atoms with E-state index in [2.05, 4.69) is 21.2 Å². The summed E-state index contributed by atoms with van der Waals surface area (Å²) in [6.45, 7) is 1.22. The second-order valence-corrected chi connectivity index (χ2v) is 7.08. The first-order valence-electron chi connectivity index (χ1n) is 7.05. The summed E-state index contributed by atoms with van der Waals surface area (Å²) in [5.74, 6) is -0.802. The molecule has 0 spiro atoms. The van der Waals surface area contributed by atoms with Crippen molar-refractivity contribution >= 4 is 39.3 Å². The number of aliphatic carboxylic acids is 1. The maximum absolute atomic E-state index is 12.3. The minimum absolute atomic E-state index is 0.0462. The van der Waals surface area contributed by atoms with E-state index in [0.717, 1.165) is 28.6 Å². The van der Waals surface area contributed by atoms with E-state index in [9.17, 15) is 9.59 Å². The number of likely N-dealkylation sites (tertiary alicyclic amines) is 1. The number of carboxylic acid groups (broad SMARTS) is 1. The van der Waals surface area contributed by atoms with Crippen LogP contribution in [0.15, 0.2) is 15.9 Å². The fraction of sp³-hybridized carbons (Fsp3) is 0.571. The van der Waals surface area contributed by atoms with Gasteiger partial charge in [0.2, 0.25) is 0 Å². The fourth-order valence-electron chi connectivity index (χ4n) is 2.57. The molecular weight excluding hydrogens is 356 g/mol. The maximum Gasteiger partial charge on any atom is 0.317 e. The highest BCUT2D eigenvalue weighted by Gasteiger charge is 2.26. The maximum atomic E-state index is 12.3. The quantitative estimate of drug-likeness (QED) is 0.828. The summed E-state index contributed by atoms with van der Waals surface area (Å²) in [6, 6.07) is 1.95. The van der Waals surface area contributed by atoms with Gasteiger partial charge in [0.15, 0.2) is 0 Å². The lowest BCUT2D eigenvalue weighted by molar-refractivity contribution is -0.137. The predicted octanol–water partition coefficient (Wildman–Crippen LogP) is 3.44. The summed E-state index contributed by atoms with van der Waals surface area (Å²) in [5.41, 5.74) is 0. The molecule has 116 valence electrons. The summed E-state index contributed by atoms with van der Waals surface area (Å²) in [7, 11) is 0. The normalized spacial score (nSPS) is 18.5. The van der Waals surface area contributed by atoms with Gasteiger partial charge >= 0.3 is 12.0 Å². The number of carbonyl (C=O) groups is 2. The van der Waals surface area contributed by atoms with Crippen molar-refractivity contribution < 1.29 is 14.7 Å². The van der Waals surface area contributed by atoms with E-state index >= 15 is 0 Å². The Hall–Kier alpha value is -1.08. The molecule has 1 aromatic heterocycles. The van der Waals surface area contributed by atoms with Crippen LogP contribution < -0.4 is 5.32 Å². The van der Waals surface area contributed by atoms with Gasteiger partial charge in [-0.15, -0.1) is 11.3 Å². The molecular formula is C14H19BrN2O3S. The summed E-state index contributed by atoms with van der Waals surface area (Å²) in [4.78, 5) is 25.9. The minimum Gasteiger partial charge on any atom is -0.481 e. The molecule has 1 fully saturated rings. The van der Waals surface area contributed by atoms with Crippen molar-refractivity contribution in [2.45, 2.75) is 44.7 Å². The Labute approximate surface area is 136 Å². The lowest BCUT2D eigenvalue weighted by atomic mass is 9.98. The van der Waals surface area contributed by atoms with Crippen molar-refractivity contribution in [2.24, 2.45) is 0 Å². The minimum atomic E-state index is -0.802. The molecule has 5 nitrogen and oxygen atoms in total. The standard InChI is InChI=1S/C14H19BrN2O3S/c15-10-7-12(21-9-10)8-16-14(20)17-6-2-1-3-11(17)4-5-13(18)19/h7,9,11H,1-6,8H2,(H,16,20)(H,18,19). The van der Waals surface area contributed by atoms with Crippen LogP contribution in [0.25, 0.3) is 0 Å². The van der Waals surface area contributed by atoms with Gasteiger partial charge in [-0.1, -0.05) is 0 Å². The molecule has 2 amide bonds. The Morgan fingerprint density at radius 3 is 2.95 bits per heavy atom. The summed E-state index contributed by atoms with van der Waals surface area (Å²) in [6.07, 6.45) is 3.60. The first-order chi connectivity index (χ1) is 10.1. The number of nitrogens with one attached hydrogen (secondary N) is 1. The third kappa shape index (κ3) is 5.00. The molecule has 2 heterocycles. The first-order valence-corrected chi connectivity index (χ1v) is 8.72. The zero-order valence-electron chi connectivity index (χ0n) is 11.7. The molecule has 0 aliphatic carbocycles. The average Bonchev–Trinajstić information content (AvgIpc) is 2.88. The molecule has 0 saturated carbocycles. The third-order valence-electron chi connectivity index (χ3n) is 3.62. The van der Waals surface area contributed by atoms with Crippen molar-refractivity contribution in [1.82, 2.24) is 10.2 Å². The molecule has 0 bridgehead atoms. The van der Waals surface area contributed by atoms with Gasteiger partial charge in [-0.3, -0.25) is 4.79 Å². The number of halogens is 1. The van der Waals surface area contributed by atoms with E-state index in [1.807, 2.05) is 11.4 Å². The number of piperidine rings is 1. The van der Waals surface area contributed by atoms with Crippen LogP contribution in [0, 0.1) is 0 Å². The number of hydrogen-bond acceptors (Lipinski definition) is 3. The highest BCUT2D eigenvalue weighted by Crippen LogP contribution is 2.22. The number of carboxylic acids is 1.